The van der Waals surface area contributed by atoms with E-state index in [4.69, 9.17) is 4.74 Å². The fourth-order valence-electron chi connectivity index (χ4n) is 3.71. The van der Waals surface area contributed by atoms with Gasteiger partial charge in [-0.15, -0.1) is 11.8 Å². The number of benzene rings is 1. The van der Waals surface area contributed by atoms with E-state index in [2.05, 4.69) is 51.4 Å². The molecule has 0 amide bonds. The maximum Gasteiger partial charge on any atom is 0.122 e. The zero-order valence-electron chi connectivity index (χ0n) is 17.7. The van der Waals surface area contributed by atoms with Crippen molar-refractivity contribution in [1.82, 2.24) is 15.1 Å². The van der Waals surface area contributed by atoms with Crippen molar-refractivity contribution < 1.29 is 19.3 Å². The van der Waals surface area contributed by atoms with Crippen LogP contribution in [0, 0.1) is 0 Å². The number of thioether (sulfide) groups is 1. The molecule has 8 heteroatoms. The maximum absolute atomic E-state index is 9.79. The maximum atomic E-state index is 9.79. The van der Waals surface area contributed by atoms with Crippen LogP contribution in [0.25, 0.3) is 0 Å². The summed E-state index contributed by atoms with van der Waals surface area (Å²) in [4.78, 5) is 7.31. The molecular weight excluding hydrogens is 393 g/mol. The Balaban J connectivity index is 0.000000941. The SMILES string of the molecule is CN(CCCCNCC1CCc2ccccc2O1)CC1CSCN1CO.COF. The summed E-state index contributed by atoms with van der Waals surface area (Å²) in [5.74, 6) is 3.16. The number of hydrogen-bond donors (Lipinski definition) is 2. The standard InChI is InChI=1S/C20H33N3O2S.CH3FO/c1-22(13-18-14-26-16-23(18)15-24)11-5-4-10-21-12-19-9-8-17-6-2-3-7-20(17)25-19;1-3-2/h2-3,6-7,18-19,21,24H,4-5,8-16H2,1H3;1H3. The van der Waals surface area contributed by atoms with Crippen molar-refractivity contribution in [3.05, 3.63) is 29.8 Å². The molecule has 6 nitrogen and oxygen atoms in total. The minimum atomic E-state index is 0.184. The highest BCUT2D eigenvalue weighted by atomic mass is 32.2. The van der Waals surface area contributed by atoms with E-state index in [1.807, 2.05) is 11.8 Å². The van der Waals surface area contributed by atoms with Gasteiger partial charge in [-0.05, 0) is 62.0 Å². The number of ether oxygens (including phenoxy) is 1. The first kappa shape index (κ1) is 24.4. The molecule has 1 aromatic rings. The molecule has 2 unspecified atom stereocenters. The summed E-state index contributed by atoms with van der Waals surface area (Å²) >= 11 is 1.92. The zero-order valence-corrected chi connectivity index (χ0v) is 18.5. The zero-order chi connectivity index (χ0) is 20.9. The highest BCUT2D eigenvalue weighted by Crippen LogP contribution is 2.26. The molecule has 2 heterocycles. The normalized spacial score (nSPS) is 21.4. The van der Waals surface area contributed by atoms with Crippen molar-refractivity contribution in [1.29, 1.82) is 0 Å². The molecule has 2 N–H and O–H groups in total. The predicted molar refractivity (Wildman–Crippen MR) is 117 cm³/mol. The number of unbranched alkanes of at least 4 members (excludes halogenated alkanes) is 1. The Bertz CT molecular complexity index is 570. The predicted octanol–water partition coefficient (Wildman–Crippen LogP) is 2.52. The van der Waals surface area contributed by atoms with Crippen LogP contribution in [0.3, 0.4) is 0 Å². The molecule has 0 aromatic heterocycles. The molecule has 0 saturated carbocycles. The molecule has 0 radical (unpaired) electrons. The molecule has 0 spiro atoms. The number of aliphatic hydroxyl groups excluding tert-OH is 1. The van der Waals surface area contributed by atoms with Crippen molar-refractivity contribution in [3.63, 3.8) is 0 Å². The number of aryl methyl sites for hydroxylation is 1. The number of nitrogens with zero attached hydrogens (tertiary/aromatic N) is 2. The average molecular weight is 430 g/mol. The minimum Gasteiger partial charge on any atom is -0.489 e. The monoisotopic (exact) mass is 429 g/mol. The summed E-state index contributed by atoms with van der Waals surface area (Å²) in [5.41, 5.74) is 1.34. The van der Waals surface area contributed by atoms with Crippen molar-refractivity contribution >= 4 is 11.8 Å². The molecule has 2 aliphatic heterocycles. The van der Waals surface area contributed by atoms with Crippen LogP contribution in [-0.2, 0) is 11.4 Å². The lowest BCUT2D eigenvalue weighted by atomic mass is 10.0. The highest BCUT2D eigenvalue weighted by molar-refractivity contribution is 7.99. The topological polar surface area (TPSA) is 57.2 Å². The quantitative estimate of drug-likeness (QED) is 0.554. The summed E-state index contributed by atoms with van der Waals surface area (Å²) in [7, 11) is 3.15. The molecule has 2 aliphatic rings. The van der Waals surface area contributed by atoms with Gasteiger partial charge >= 0.3 is 0 Å². The van der Waals surface area contributed by atoms with Crippen molar-refractivity contribution in [2.75, 3.05) is 58.7 Å². The van der Waals surface area contributed by atoms with Gasteiger partial charge < -0.3 is 20.1 Å². The summed E-state index contributed by atoms with van der Waals surface area (Å²) in [6.07, 6.45) is 4.93. The van der Waals surface area contributed by atoms with Gasteiger partial charge in [-0.1, -0.05) is 18.2 Å². The number of aliphatic hydroxyl groups is 1. The van der Waals surface area contributed by atoms with Crippen LogP contribution in [0.5, 0.6) is 5.75 Å². The molecular formula is C21H36FN3O3S. The lowest BCUT2D eigenvalue weighted by Crippen LogP contribution is -2.41. The highest BCUT2D eigenvalue weighted by Gasteiger charge is 2.25. The second-order valence-corrected chi connectivity index (χ2v) is 8.60. The Kier molecular flexibility index (Phi) is 11.9. The van der Waals surface area contributed by atoms with E-state index in [0.29, 0.717) is 12.1 Å². The molecule has 29 heavy (non-hydrogen) atoms. The molecule has 166 valence electrons. The van der Waals surface area contributed by atoms with Crippen molar-refractivity contribution in [3.8, 4) is 5.75 Å². The summed E-state index contributed by atoms with van der Waals surface area (Å²) in [6.45, 7) is 4.35. The number of rotatable bonds is 10. The molecule has 0 bridgehead atoms. The van der Waals surface area contributed by atoms with Crippen molar-refractivity contribution in [2.24, 2.45) is 0 Å². The molecule has 1 saturated heterocycles. The van der Waals surface area contributed by atoms with E-state index in [9.17, 15) is 9.63 Å². The van der Waals surface area contributed by atoms with Crippen LogP contribution >= 0.6 is 11.8 Å². The number of fused-ring (bicyclic) bond motifs is 1. The van der Waals surface area contributed by atoms with Gasteiger partial charge in [0.15, 0.2) is 0 Å². The Labute approximate surface area is 178 Å². The summed E-state index contributed by atoms with van der Waals surface area (Å²) < 4.78 is 15.9. The lowest BCUT2D eigenvalue weighted by molar-refractivity contribution is -0.0960. The van der Waals surface area contributed by atoms with E-state index in [0.717, 1.165) is 63.5 Å². The molecule has 0 aliphatic carbocycles. The number of hydrogen-bond acceptors (Lipinski definition) is 7. The van der Waals surface area contributed by atoms with Gasteiger partial charge in [0.1, 0.15) is 11.9 Å². The Morgan fingerprint density at radius 1 is 1.38 bits per heavy atom. The van der Waals surface area contributed by atoms with Crippen LogP contribution in [-0.4, -0.2) is 85.7 Å². The smallest absolute Gasteiger partial charge is 0.122 e. The van der Waals surface area contributed by atoms with E-state index in [1.54, 1.807) is 0 Å². The Hall–Kier alpha value is -0.900. The second kappa shape index (κ2) is 14.2. The van der Waals surface area contributed by atoms with E-state index in [1.165, 1.54) is 18.4 Å². The van der Waals surface area contributed by atoms with E-state index >= 15 is 0 Å². The minimum absolute atomic E-state index is 0.184. The third-order valence-electron chi connectivity index (χ3n) is 5.31. The van der Waals surface area contributed by atoms with Gasteiger partial charge in [-0.3, -0.25) is 4.90 Å². The molecule has 3 rings (SSSR count). The van der Waals surface area contributed by atoms with Crippen molar-refractivity contribution in [2.45, 2.75) is 37.8 Å². The second-order valence-electron chi connectivity index (χ2n) is 7.60. The number of likely N-dealkylation sites (N-methyl/N-ethyl adjacent to an activating group) is 1. The molecule has 2 atom stereocenters. The summed E-state index contributed by atoms with van der Waals surface area (Å²) in [6, 6.07) is 8.89. The van der Waals surface area contributed by atoms with Gasteiger partial charge in [-0.25, -0.2) is 0 Å². The van der Waals surface area contributed by atoms with Crippen LogP contribution in [0.2, 0.25) is 0 Å². The first-order valence-corrected chi connectivity index (χ1v) is 11.5. The number of nitrogens with one attached hydrogen (secondary N) is 1. The van der Waals surface area contributed by atoms with E-state index in [-0.39, 0.29) is 6.73 Å². The van der Waals surface area contributed by atoms with Crippen LogP contribution < -0.4 is 10.1 Å². The third kappa shape index (κ3) is 8.78. The van der Waals surface area contributed by atoms with E-state index < -0.39 is 0 Å². The Morgan fingerprint density at radius 2 is 2.17 bits per heavy atom. The van der Waals surface area contributed by atoms with Crippen LogP contribution in [0.15, 0.2) is 24.3 Å². The van der Waals surface area contributed by atoms with Crippen LogP contribution in [0.4, 0.5) is 4.53 Å². The van der Waals surface area contributed by atoms with Gasteiger partial charge in [-0.2, -0.15) is 4.94 Å². The molecule has 1 fully saturated rings. The first-order valence-electron chi connectivity index (χ1n) is 10.4. The number of halogens is 1. The fourth-order valence-corrected chi connectivity index (χ4v) is 4.93. The van der Waals surface area contributed by atoms with Gasteiger partial charge in [0.2, 0.25) is 0 Å². The fraction of sp³-hybridized carbons (Fsp3) is 0.714. The third-order valence-corrected chi connectivity index (χ3v) is 6.44. The average Bonchev–Trinajstić information content (AvgIpc) is 3.18. The first-order chi connectivity index (χ1) is 14.2. The molecule has 1 aromatic carbocycles. The van der Waals surface area contributed by atoms with Gasteiger partial charge in [0.25, 0.3) is 0 Å². The summed E-state index contributed by atoms with van der Waals surface area (Å²) in [5, 5.41) is 12.9. The van der Waals surface area contributed by atoms with Gasteiger partial charge in [0.05, 0.1) is 13.8 Å². The Morgan fingerprint density at radius 3 is 2.97 bits per heavy atom. The van der Waals surface area contributed by atoms with Gasteiger partial charge in [0, 0.05) is 30.8 Å². The van der Waals surface area contributed by atoms with Crippen LogP contribution in [0.1, 0.15) is 24.8 Å². The number of para-hydroxylation sites is 1. The lowest BCUT2D eigenvalue weighted by Gasteiger charge is -2.27. The largest absolute Gasteiger partial charge is 0.489 e.